The van der Waals surface area contributed by atoms with Crippen molar-refractivity contribution >= 4 is 16.7 Å². The van der Waals surface area contributed by atoms with Gasteiger partial charge in [0.2, 0.25) is 0 Å². The fraction of sp³-hybridized carbons (Fsp3) is 0.125. The minimum atomic E-state index is 0.786. The van der Waals surface area contributed by atoms with Gasteiger partial charge < -0.3 is 10.7 Å². The maximum atomic E-state index is 5.74. The van der Waals surface area contributed by atoms with Crippen LogP contribution in [0.5, 0.6) is 0 Å². The summed E-state index contributed by atoms with van der Waals surface area (Å²) in [5.41, 5.74) is 8.53. The zero-order valence-electron chi connectivity index (χ0n) is 6.26. The van der Waals surface area contributed by atoms with Crippen molar-refractivity contribution < 1.29 is 0 Å². The number of hydrogen-bond acceptors (Lipinski definition) is 2. The summed E-state index contributed by atoms with van der Waals surface area (Å²) < 4.78 is 0. The maximum Gasteiger partial charge on any atom is 0.139 e. The highest BCUT2D eigenvalue weighted by molar-refractivity contribution is 5.90. The van der Waals surface area contributed by atoms with E-state index in [0.717, 1.165) is 22.3 Å². The van der Waals surface area contributed by atoms with E-state index in [1.54, 1.807) is 6.20 Å². The Bertz CT molecular complexity index is 389. The molecule has 0 radical (unpaired) electrons. The number of nitrogens with one attached hydrogen (secondary N) is 1. The van der Waals surface area contributed by atoms with Crippen LogP contribution in [0, 0.1) is 6.92 Å². The lowest BCUT2D eigenvalue weighted by Crippen LogP contribution is -1.87. The molecule has 0 aliphatic rings. The van der Waals surface area contributed by atoms with E-state index >= 15 is 0 Å². The summed E-state index contributed by atoms with van der Waals surface area (Å²) in [6.07, 6.45) is 3.61. The molecule has 0 bridgehead atoms. The van der Waals surface area contributed by atoms with Crippen molar-refractivity contribution in [2.75, 3.05) is 5.73 Å². The molecule has 0 fully saturated rings. The molecule has 56 valence electrons. The van der Waals surface area contributed by atoms with Crippen molar-refractivity contribution in [2.24, 2.45) is 0 Å². The average Bonchev–Trinajstić information content (AvgIpc) is 2.34. The predicted molar refractivity (Wildman–Crippen MR) is 45.2 cm³/mol. The molecule has 3 N–H and O–H groups in total. The third kappa shape index (κ3) is 0.774. The van der Waals surface area contributed by atoms with Gasteiger partial charge in [-0.3, -0.25) is 0 Å². The van der Waals surface area contributed by atoms with Gasteiger partial charge in [-0.1, -0.05) is 0 Å². The molecule has 0 aliphatic carbocycles. The van der Waals surface area contributed by atoms with Crippen LogP contribution in [0.3, 0.4) is 0 Å². The molecule has 0 spiro atoms. The van der Waals surface area contributed by atoms with Crippen LogP contribution < -0.4 is 5.73 Å². The molecule has 11 heavy (non-hydrogen) atoms. The van der Waals surface area contributed by atoms with Crippen molar-refractivity contribution in [1.29, 1.82) is 0 Å². The van der Waals surface area contributed by atoms with Crippen molar-refractivity contribution in [2.45, 2.75) is 6.92 Å². The third-order valence-electron chi connectivity index (χ3n) is 1.80. The molecule has 0 saturated carbocycles. The monoisotopic (exact) mass is 147 g/mol. The summed E-state index contributed by atoms with van der Waals surface area (Å²) in [5, 5.41) is 1.03. The number of nitrogen functional groups attached to an aromatic ring is 1. The van der Waals surface area contributed by atoms with E-state index < -0.39 is 0 Å². The van der Waals surface area contributed by atoms with Crippen molar-refractivity contribution in [3.05, 3.63) is 24.0 Å². The molecule has 0 atom stereocenters. The van der Waals surface area contributed by atoms with Crippen molar-refractivity contribution in [3.8, 4) is 0 Å². The van der Waals surface area contributed by atoms with Crippen molar-refractivity contribution in [3.63, 3.8) is 0 Å². The SMILES string of the molecule is Cc1c[nH]c2nccc(N)c12. The van der Waals surface area contributed by atoms with E-state index in [1.165, 1.54) is 0 Å². The Morgan fingerprint density at radius 3 is 3.09 bits per heavy atom. The molecule has 0 amide bonds. The van der Waals surface area contributed by atoms with Gasteiger partial charge in [-0.2, -0.15) is 0 Å². The van der Waals surface area contributed by atoms with E-state index in [2.05, 4.69) is 9.97 Å². The minimum Gasteiger partial charge on any atom is -0.398 e. The summed E-state index contributed by atoms with van der Waals surface area (Å²) in [5.74, 6) is 0. The predicted octanol–water partition coefficient (Wildman–Crippen LogP) is 1.45. The van der Waals surface area contributed by atoms with Crippen LogP contribution in [0.2, 0.25) is 0 Å². The standard InChI is InChI=1S/C8H9N3/c1-5-4-11-8-7(5)6(9)2-3-10-8/h2-4H,1H3,(H3,9,10,11). The van der Waals surface area contributed by atoms with Crippen molar-refractivity contribution in [1.82, 2.24) is 9.97 Å². The van der Waals surface area contributed by atoms with E-state index in [-0.39, 0.29) is 0 Å². The fourth-order valence-electron chi connectivity index (χ4n) is 1.25. The largest absolute Gasteiger partial charge is 0.398 e. The summed E-state index contributed by atoms with van der Waals surface area (Å²) in [7, 11) is 0. The first-order chi connectivity index (χ1) is 5.29. The Kier molecular flexibility index (Phi) is 1.12. The minimum absolute atomic E-state index is 0.786. The molecule has 2 aromatic rings. The number of H-pyrrole nitrogens is 1. The molecule has 3 nitrogen and oxygen atoms in total. The van der Waals surface area contributed by atoms with E-state index in [4.69, 9.17) is 5.73 Å². The van der Waals surface area contributed by atoms with Gasteiger partial charge in [-0.15, -0.1) is 0 Å². The van der Waals surface area contributed by atoms with Gasteiger partial charge in [0.05, 0.1) is 0 Å². The smallest absolute Gasteiger partial charge is 0.139 e. The highest BCUT2D eigenvalue weighted by Crippen LogP contribution is 2.20. The number of nitrogens with zero attached hydrogens (tertiary/aromatic N) is 1. The second-order valence-corrected chi connectivity index (χ2v) is 2.60. The van der Waals surface area contributed by atoms with Gasteiger partial charge in [0.25, 0.3) is 0 Å². The number of hydrogen-bond donors (Lipinski definition) is 2. The van der Waals surface area contributed by atoms with Crippen LogP contribution in [-0.4, -0.2) is 9.97 Å². The molecule has 2 rings (SSSR count). The Morgan fingerprint density at radius 2 is 2.36 bits per heavy atom. The maximum absolute atomic E-state index is 5.74. The van der Waals surface area contributed by atoms with Gasteiger partial charge in [-0.05, 0) is 18.6 Å². The summed E-state index contributed by atoms with van der Waals surface area (Å²) in [4.78, 5) is 7.16. The quantitative estimate of drug-likeness (QED) is 0.592. The Hall–Kier alpha value is -1.51. The van der Waals surface area contributed by atoms with Gasteiger partial charge in [0, 0.05) is 23.5 Å². The molecule has 3 heteroatoms. The van der Waals surface area contributed by atoms with E-state index in [1.807, 2.05) is 19.2 Å². The first kappa shape index (κ1) is 6.22. The highest BCUT2D eigenvalue weighted by atomic mass is 14.8. The van der Waals surface area contributed by atoms with E-state index in [0.29, 0.717) is 0 Å². The number of aromatic amines is 1. The number of rotatable bonds is 0. The molecular weight excluding hydrogens is 138 g/mol. The number of aromatic nitrogens is 2. The zero-order chi connectivity index (χ0) is 7.84. The summed E-state index contributed by atoms with van der Waals surface area (Å²) in [6.45, 7) is 2.01. The van der Waals surface area contributed by atoms with Gasteiger partial charge in [0.15, 0.2) is 0 Å². The second-order valence-electron chi connectivity index (χ2n) is 2.60. The number of aryl methyl sites for hydroxylation is 1. The van der Waals surface area contributed by atoms with Crippen LogP contribution in [0.25, 0.3) is 11.0 Å². The normalized spacial score (nSPS) is 10.6. The lowest BCUT2D eigenvalue weighted by molar-refractivity contribution is 1.32. The molecule has 0 aliphatic heterocycles. The number of nitrogens with two attached hydrogens (primary N) is 1. The molecule has 0 aromatic carbocycles. The van der Waals surface area contributed by atoms with Crippen LogP contribution >= 0.6 is 0 Å². The van der Waals surface area contributed by atoms with Crippen LogP contribution in [0.4, 0.5) is 5.69 Å². The first-order valence-corrected chi connectivity index (χ1v) is 3.47. The second kappa shape index (κ2) is 1.99. The van der Waals surface area contributed by atoms with Crippen LogP contribution in [0.15, 0.2) is 18.5 Å². The molecule has 2 aromatic heterocycles. The summed E-state index contributed by atoms with van der Waals surface area (Å²) >= 11 is 0. The lowest BCUT2D eigenvalue weighted by Gasteiger charge is -1.94. The Balaban J connectivity index is 2.96. The van der Waals surface area contributed by atoms with Crippen LogP contribution in [0.1, 0.15) is 5.56 Å². The zero-order valence-corrected chi connectivity index (χ0v) is 6.26. The lowest BCUT2D eigenvalue weighted by atomic mass is 10.2. The van der Waals surface area contributed by atoms with Gasteiger partial charge >= 0.3 is 0 Å². The fourth-order valence-corrected chi connectivity index (χ4v) is 1.25. The number of anilines is 1. The average molecular weight is 147 g/mol. The Morgan fingerprint density at radius 1 is 1.55 bits per heavy atom. The first-order valence-electron chi connectivity index (χ1n) is 3.47. The Labute approximate surface area is 64.2 Å². The highest BCUT2D eigenvalue weighted by Gasteiger charge is 2.01. The number of pyridine rings is 1. The molecule has 0 unspecified atom stereocenters. The summed E-state index contributed by atoms with van der Waals surface area (Å²) in [6, 6.07) is 1.81. The van der Waals surface area contributed by atoms with Gasteiger partial charge in [0.1, 0.15) is 5.65 Å². The molecule has 2 heterocycles. The molecule has 0 saturated heterocycles. The topological polar surface area (TPSA) is 54.7 Å². The number of fused-ring (bicyclic) bond motifs is 1. The van der Waals surface area contributed by atoms with Crippen LogP contribution in [-0.2, 0) is 0 Å². The third-order valence-corrected chi connectivity index (χ3v) is 1.80. The van der Waals surface area contributed by atoms with E-state index in [9.17, 15) is 0 Å². The molecular formula is C8H9N3. The van der Waals surface area contributed by atoms with Gasteiger partial charge in [-0.25, -0.2) is 4.98 Å².